The Labute approximate surface area is 373 Å². The highest BCUT2D eigenvalue weighted by molar-refractivity contribution is 6.00. The van der Waals surface area contributed by atoms with E-state index in [1.165, 1.54) is 36.4 Å². The van der Waals surface area contributed by atoms with E-state index in [0.717, 1.165) is 30.7 Å². The van der Waals surface area contributed by atoms with Gasteiger partial charge < -0.3 is 39.4 Å². The monoisotopic (exact) mass is 891 g/mol. The highest BCUT2D eigenvalue weighted by Gasteiger charge is 2.34. The van der Waals surface area contributed by atoms with Gasteiger partial charge in [-0.1, -0.05) is 65.9 Å². The summed E-state index contributed by atoms with van der Waals surface area (Å²) in [5.74, 6) is -4.59. The minimum absolute atomic E-state index is 0.0718. The van der Waals surface area contributed by atoms with Gasteiger partial charge in [0.1, 0.15) is 23.2 Å². The fourth-order valence-electron chi connectivity index (χ4n) is 6.59. The molecular weight excluding hydrogens is 831 g/mol. The molecule has 0 aliphatic rings. The topological polar surface area (TPSA) is 238 Å². The second-order valence-corrected chi connectivity index (χ2v) is 14.9. The normalized spacial score (nSPS) is 12.2. The molecule has 2 aromatic carbocycles. The van der Waals surface area contributed by atoms with Crippen molar-refractivity contribution in [1.82, 2.24) is 21.0 Å². The summed E-state index contributed by atoms with van der Waals surface area (Å²) in [6, 6.07) is 9.54. The number of benzene rings is 2. The lowest BCUT2D eigenvalue weighted by Gasteiger charge is -2.32. The molecule has 0 saturated heterocycles. The molecule has 1 aromatic heterocycles. The van der Waals surface area contributed by atoms with Gasteiger partial charge in [-0.15, -0.1) is 4.91 Å². The first-order valence-corrected chi connectivity index (χ1v) is 21.8. The predicted molar refractivity (Wildman–Crippen MR) is 235 cm³/mol. The van der Waals surface area contributed by atoms with Crippen LogP contribution in [0.4, 0.5) is 5.69 Å². The summed E-state index contributed by atoms with van der Waals surface area (Å²) in [6.07, 6.45) is 5.72. The van der Waals surface area contributed by atoms with Crippen molar-refractivity contribution in [2.45, 2.75) is 118 Å². The lowest BCUT2D eigenvalue weighted by atomic mass is 9.90. The average Bonchev–Trinajstić information content (AvgIpc) is 3.79. The average molecular weight is 892 g/mol. The highest BCUT2D eigenvalue weighted by atomic mass is 16.7. The highest BCUT2D eigenvalue weighted by Crippen LogP contribution is 2.30. The van der Waals surface area contributed by atoms with E-state index in [4.69, 9.17) is 23.5 Å². The van der Waals surface area contributed by atoms with Gasteiger partial charge in [-0.3, -0.25) is 24.0 Å². The number of furan rings is 1. The zero-order valence-corrected chi connectivity index (χ0v) is 37.5. The Morgan fingerprint density at radius 1 is 0.812 bits per heavy atom. The van der Waals surface area contributed by atoms with Crippen LogP contribution in [0.1, 0.15) is 136 Å². The fraction of sp³-hybridized carbons (Fsp3) is 0.500. The summed E-state index contributed by atoms with van der Waals surface area (Å²) in [5, 5.41) is 11.6. The predicted octanol–water partition coefficient (Wildman–Crippen LogP) is 7.24. The van der Waals surface area contributed by atoms with Gasteiger partial charge >= 0.3 is 17.9 Å². The first-order valence-electron chi connectivity index (χ1n) is 21.8. The number of hydroxylamine groups is 2. The van der Waals surface area contributed by atoms with Crippen molar-refractivity contribution in [3.05, 3.63) is 75.9 Å². The Bertz CT molecular complexity index is 2050. The van der Waals surface area contributed by atoms with Crippen molar-refractivity contribution in [3.63, 3.8) is 0 Å². The maximum Gasteiger partial charge on any atom is 0.363 e. The number of amides is 4. The SMILES string of the molecule is CCCCC[C@@H](C(=O)NCNC(=O)c1ccc(-c2ccc(C(=O)N[C@@H](CC(=O)OCCCC)C(=O)OCCCC)c(OCC)c2)o1)[C@@H](CC)N(C=O)OC(=O)c1ccc(N=O)cc1C. The number of nitrogens with one attached hydrogen (secondary N) is 3. The van der Waals surface area contributed by atoms with Crippen molar-refractivity contribution in [2.75, 3.05) is 26.5 Å². The molecular formula is C46H61N5O13. The van der Waals surface area contributed by atoms with Gasteiger partial charge in [0.15, 0.2) is 5.76 Å². The van der Waals surface area contributed by atoms with Crippen LogP contribution in [-0.2, 0) is 33.5 Å². The number of carbonyl (C=O) groups is 7. The van der Waals surface area contributed by atoms with E-state index in [9.17, 15) is 38.5 Å². The van der Waals surface area contributed by atoms with Crippen LogP contribution in [0, 0.1) is 17.7 Å². The van der Waals surface area contributed by atoms with E-state index in [2.05, 4.69) is 21.1 Å². The van der Waals surface area contributed by atoms with E-state index in [0.29, 0.717) is 43.2 Å². The van der Waals surface area contributed by atoms with Crippen LogP contribution in [0.5, 0.6) is 5.75 Å². The van der Waals surface area contributed by atoms with Crippen LogP contribution in [0.15, 0.2) is 58.1 Å². The maximum atomic E-state index is 13.7. The summed E-state index contributed by atoms with van der Waals surface area (Å²) >= 11 is 0. The molecule has 0 radical (unpaired) electrons. The minimum Gasteiger partial charge on any atom is -0.493 e. The maximum absolute atomic E-state index is 13.7. The standard InChI is InChI=1S/C46H61N5O13/c1-7-12-15-16-34(37(10-4)51(29-52)64-45(57)33-20-18-32(50-59)25-30(33)6)42(54)47-28-48-44(56)39-22-21-38(63-39)31-17-19-35(40(26-31)60-11-5)43(55)49-36(46(58)62-24-14-9-3)27-41(53)61-23-13-8-2/h17-22,25-26,29,34,36-37H,7-16,23-24,27-28H2,1-6H3,(H,47,54)(H,48,56)(H,49,55)/t34-,36+,37-/m1/s1. The van der Waals surface area contributed by atoms with Gasteiger partial charge in [-0.25, -0.2) is 9.59 Å². The van der Waals surface area contributed by atoms with Gasteiger partial charge in [0.2, 0.25) is 12.3 Å². The molecule has 18 heteroatoms. The Kier molecular flexibility index (Phi) is 22.2. The van der Waals surface area contributed by atoms with Crippen molar-refractivity contribution in [1.29, 1.82) is 0 Å². The molecule has 18 nitrogen and oxygen atoms in total. The summed E-state index contributed by atoms with van der Waals surface area (Å²) in [7, 11) is 0. The van der Waals surface area contributed by atoms with Gasteiger partial charge in [0, 0.05) is 5.56 Å². The number of unbranched alkanes of at least 4 members (excludes halogenated alkanes) is 4. The van der Waals surface area contributed by atoms with Crippen LogP contribution in [0.25, 0.3) is 11.3 Å². The van der Waals surface area contributed by atoms with E-state index < -0.39 is 60.1 Å². The number of rotatable bonds is 29. The largest absolute Gasteiger partial charge is 0.493 e. The minimum atomic E-state index is -1.30. The molecule has 3 N–H and O–H groups in total. The summed E-state index contributed by atoms with van der Waals surface area (Å²) in [6.45, 7) is 11.2. The number of carbonyl (C=O) groups excluding carboxylic acids is 7. The number of ether oxygens (including phenoxy) is 3. The molecule has 0 spiro atoms. The number of esters is 2. The fourth-order valence-corrected chi connectivity index (χ4v) is 6.59. The third kappa shape index (κ3) is 15.6. The van der Waals surface area contributed by atoms with E-state index in [1.54, 1.807) is 32.9 Å². The van der Waals surface area contributed by atoms with Gasteiger partial charge in [-0.2, -0.15) is 5.06 Å². The zero-order valence-electron chi connectivity index (χ0n) is 37.5. The van der Waals surface area contributed by atoms with Crippen LogP contribution in [-0.4, -0.2) is 85.7 Å². The molecule has 348 valence electrons. The van der Waals surface area contributed by atoms with Crippen LogP contribution < -0.4 is 20.7 Å². The Morgan fingerprint density at radius 3 is 2.16 bits per heavy atom. The van der Waals surface area contributed by atoms with Crippen molar-refractivity contribution >= 4 is 47.7 Å². The quantitative estimate of drug-likeness (QED) is 0.0156. The number of nitroso groups, excluding NO2 is 1. The van der Waals surface area contributed by atoms with E-state index >= 15 is 0 Å². The number of aryl methyl sites for hydroxylation is 1. The lowest BCUT2D eigenvalue weighted by molar-refractivity contribution is -0.171. The number of nitrogens with zero attached hydrogens (tertiary/aromatic N) is 2. The zero-order chi connectivity index (χ0) is 47.0. The second kappa shape index (κ2) is 27.5. The first kappa shape index (κ1) is 51.8. The van der Waals surface area contributed by atoms with Crippen LogP contribution in [0.2, 0.25) is 0 Å². The molecule has 3 atom stereocenters. The first-order chi connectivity index (χ1) is 30.8. The Morgan fingerprint density at radius 2 is 1.52 bits per heavy atom. The van der Waals surface area contributed by atoms with Gasteiger partial charge in [-0.05, 0) is 92.7 Å². The van der Waals surface area contributed by atoms with Crippen LogP contribution >= 0.6 is 0 Å². The number of hydrogen-bond donors (Lipinski definition) is 3. The van der Waals surface area contributed by atoms with Crippen molar-refractivity contribution < 1.29 is 57.0 Å². The molecule has 0 aliphatic heterocycles. The molecule has 3 aromatic rings. The van der Waals surface area contributed by atoms with E-state index in [1.807, 2.05) is 20.8 Å². The molecule has 0 unspecified atom stereocenters. The van der Waals surface area contributed by atoms with Crippen molar-refractivity contribution in [3.8, 4) is 17.1 Å². The Hall–Kier alpha value is -6.59. The molecule has 0 fully saturated rings. The third-order valence-electron chi connectivity index (χ3n) is 10.1. The number of hydrogen-bond acceptors (Lipinski definition) is 14. The smallest absolute Gasteiger partial charge is 0.363 e. The van der Waals surface area contributed by atoms with Crippen LogP contribution in [0.3, 0.4) is 0 Å². The third-order valence-corrected chi connectivity index (χ3v) is 10.1. The van der Waals surface area contributed by atoms with E-state index in [-0.39, 0.29) is 67.0 Å². The molecule has 4 amide bonds. The summed E-state index contributed by atoms with van der Waals surface area (Å²) < 4.78 is 22.2. The second-order valence-electron chi connectivity index (χ2n) is 14.9. The molecule has 1 heterocycles. The molecule has 0 saturated carbocycles. The lowest BCUT2D eigenvalue weighted by Crippen LogP contribution is -2.49. The molecule has 0 bridgehead atoms. The summed E-state index contributed by atoms with van der Waals surface area (Å²) in [5.41, 5.74) is 1.18. The van der Waals surface area contributed by atoms with Crippen molar-refractivity contribution in [2.24, 2.45) is 11.1 Å². The van der Waals surface area contributed by atoms with Gasteiger partial charge in [0.25, 0.3) is 11.8 Å². The molecule has 3 rings (SSSR count). The summed E-state index contributed by atoms with van der Waals surface area (Å²) in [4.78, 5) is 108. The van der Waals surface area contributed by atoms with Gasteiger partial charge in [0.05, 0.1) is 56.0 Å². The molecule has 0 aliphatic carbocycles. The Balaban J connectivity index is 1.71. The molecule has 64 heavy (non-hydrogen) atoms.